The Labute approximate surface area is 146 Å². The molecule has 2 amide bonds. The maximum atomic E-state index is 11.8. The molecular weight excluding hydrogens is 316 g/mol. The Morgan fingerprint density at radius 1 is 1.09 bits per heavy atom. The summed E-state index contributed by atoms with van der Waals surface area (Å²) in [6.45, 7) is 11.5. The molecule has 23 heavy (non-hydrogen) atoms. The fourth-order valence-corrected chi connectivity index (χ4v) is 2.69. The summed E-state index contributed by atoms with van der Waals surface area (Å²) in [5, 5.41) is 6.28. The highest BCUT2D eigenvalue weighted by molar-refractivity contribution is 5.85. The maximum Gasteiger partial charge on any atom is 0.222 e. The SMILES string of the molecule is CCN(CC)C(=O)CCCC(=O)NCCCN1CCNCC1.Cl. The van der Waals surface area contributed by atoms with Gasteiger partial charge in [-0.1, -0.05) is 0 Å². The van der Waals surface area contributed by atoms with Gasteiger partial charge >= 0.3 is 0 Å². The Morgan fingerprint density at radius 3 is 2.35 bits per heavy atom. The number of piperazine rings is 1. The van der Waals surface area contributed by atoms with Crippen LogP contribution in [0.1, 0.15) is 39.5 Å². The molecule has 2 N–H and O–H groups in total. The van der Waals surface area contributed by atoms with Crippen molar-refractivity contribution in [2.75, 3.05) is 52.4 Å². The van der Waals surface area contributed by atoms with Crippen molar-refractivity contribution in [2.45, 2.75) is 39.5 Å². The second-order valence-corrected chi connectivity index (χ2v) is 5.71. The van der Waals surface area contributed by atoms with Crippen molar-refractivity contribution in [3.05, 3.63) is 0 Å². The van der Waals surface area contributed by atoms with E-state index in [0.29, 0.717) is 19.3 Å². The molecule has 0 radical (unpaired) electrons. The first-order valence-corrected chi connectivity index (χ1v) is 8.64. The number of amides is 2. The number of carbonyl (C=O) groups is 2. The average Bonchev–Trinajstić information content (AvgIpc) is 2.54. The fourth-order valence-electron chi connectivity index (χ4n) is 2.69. The Balaban J connectivity index is 0.00000484. The Morgan fingerprint density at radius 2 is 1.74 bits per heavy atom. The van der Waals surface area contributed by atoms with Crippen LogP contribution in [0.25, 0.3) is 0 Å². The zero-order chi connectivity index (χ0) is 16.2. The molecule has 1 saturated heterocycles. The summed E-state index contributed by atoms with van der Waals surface area (Å²) >= 11 is 0. The topological polar surface area (TPSA) is 64.7 Å². The molecular formula is C16H33ClN4O2. The first-order chi connectivity index (χ1) is 10.7. The first-order valence-electron chi connectivity index (χ1n) is 8.64. The van der Waals surface area contributed by atoms with Crippen molar-refractivity contribution >= 4 is 24.2 Å². The molecule has 1 heterocycles. The number of carbonyl (C=O) groups excluding carboxylic acids is 2. The molecule has 0 aromatic rings. The lowest BCUT2D eigenvalue weighted by Crippen LogP contribution is -2.44. The minimum Gasteiger partial charge on any atom is -0.356 e. The highest BCUT2D eigenvalue weighted by Gasteiger charge is 2.11. The van der Waals surface area contributed by atoms with Gasteiger partial charge in [-0.2, -0.15) is 0 Å². The quantitative estimate of drug-likeness (QED) is 0.575. The van der Waals surface area contributed by atoms with Gasteiger partial charge in [0.1, 0.15) is 0 Å². The van der Waals surface area contributed by atoms with Gasteiger partial charge in [-0.25, -0.2) is 0 Å². The summed E-state index contributed by atoms with van der Waals surface area (Å²) in [6.07, 6.45) is 2.54. The summed E-state index contributed by atoms with van der Waals surface area (Å²) < 4.78 is 0. The number of nitrogens with one attached hydrogen (secondary N) is 2. The Kier molecular flexibility index (Phi) is 13.1. The van der Waals surface area contributed by atoms with Crippen molar-refractivity contribution in [1.29, 1.82) is 0 Å². The first kappa shape index (κ1) is 22.1. The lowest BCUT2D eigenvalue weighted by molar-refractivity contribution is -0.131. The van der Waals surface area contributed by atoms with Crippen molar-refractivity contribution in [3.8, 4) is 0 Å². The molecule has 7 heteroatoms. The summed E-state index contributed by atoms with van der Waals surface area (Å²) in [4.78, 5) is 27.8. The van der Waals surface area contributed by atoms with Crippen LogP contribution in [-0.2, 0) is 9.59 Å². The van der Waals surface area contributed by atoms with E-state index in [9.17, 15) is 9.59 Å². The molecule has 1 fully saturated rings. The van der Waals surface area contributed by atoms with Crippen molar-refractivity contribution in [2.24, 2.45) is 0 Å². The van der Waals surface area contributed by atoms with E-state index in [1.807, 2.05) is 18.7 Å². The van der Waals surface area contributed by atoms with E-state index in [4.69, 9.17) is 0 Å². The van der Waals surface area contributed by atoms with Crippen molar-refractivity contribution < 1.29 is 9.59 Å². The second kappa shape index (κ2) is 13.6. The number of hydrogen-bond acceptors (Lipinski definition) is 4. The van der Waals surface area contributed by atoms with Gasteiger partial charge in [-0.3, -0.25) is 9.59 Å². The van der Waals surface area contributed by atoms with Crippen LogP contribution in [-0.4, -0.2) is 74.0 Å². The Bertz CT molecular complexity index is 332. The third-order valence-corrected chi connectivity index (χ3v) is 4.09. The molecule has 1 aliphatic rings. The van der Waals surface area contributed by atoms with Crippen LogP contribution in [0.5, 0.6) is 0 Å². The highest BCUT2D eigenvalue weighted by atomic mass is 35.5. The van der Waals surface area contributed by atoms with Crippen LogP contribution in [0.4, 0.5) is 0 Å². The van der Waals surface area contributed by atoms with Crippen LogP contribution in [0.3, 0.4) is 0 Å². The Hall–Kier alpha value is -0.850. The van der Waals surface area contributed by atoms with E-state index in [2.05, 4.69) is 15.5 Å². The van der Waals surface area contributed by atoms with Gasteiger partial charge in [0.15, 0.2) is 0 Å². The number of halogens is 1. The summed E-state index contributed by atoms with van der Waals surface area (Å²) in [6, 6.07) is 0. The van der Waals surface area contributed by atoms with Crippen molar-refractivity contribution in [1.82, 2.24) is 20.4 Å². The van der Waals surface area contributed by atoms with Gasteiger partial charge in [0, 0.05) is 58.7 Å². The molecule has 0 saturated carbocycles. The average molecular weight is 349 g/mol. The number of rotatable bonds is 10. The largest absolute Gasteiger partial charge is 0.356 e. The smallest absolute Gasteiger partial charge is 0.222 e. The third-order valence-electron chi connectivity index (χ3n) is 4.09. The monoisotopic (exact) mass is 348 g/mol. The van der Waals surface area contributed by atoms with E-state index in [0.717, 1.165) is 58.8 Å². The molecule has 0 unspecified atom stereocenters. The molecule has 0 aromatic heterocycles. The normalized spacial score (nSPS) is 14.9. The number of hydrogen-bond donors (Lipinski definition) is 2. The summed E-state index contributed by atoms with van der Waals surface area (Å²) in [7, 11) is 0. The second-order valence-electron chi connectivity index (χ2n) is 5.71. The van der Waals surface area contributed by atoms with Crippen molar-refractivity contribution in [3.63, 3.8) is 0 Å². The van der Waals surface area contributed by atoms with Crippen LogP contribution in [0, 0.1) is 0 Å². The van der Waals surface area contributed by atoms with Gasteiger partial charge in [-0.15, -0.1) is 12.4 Å². The van der Waals surface area contributed by atoms with Crippen LogP contribution >= 0.6 is 12.4 Å². The molecule has 0 atom stereocenters. The molecule has 0 aromatic carbocycles. The summed E-state index contributed by atoms with van der Waals surface area (Å²) in [5.41, 5.74) is 0. The van der Waals surface area contributed by atoms with Gasteiger partial charge in [0.2, 0.25) is 11.8 Å². The standard InChI is InChI=1S/C16H32N4O2.ClH/c1-3-20(4-2)16(22)8-5-7-15(21)18-9-6-12-19-13-10-17-11-14-19;/h17H,3-14H2,1-2H3,(H,18,21);1H. The zero-order valence-electron chi connectivity index (χ0n) is 14.6. The molecule has 0 spiro atoms. The molecule has 0 aliphatic carbocycles. The van der Waals surface area contributed by atoms with Gasteiger partial charge in [0.25, 0.3) is 0 Å². The minimum absolute atomic E-state index is 0. The molecule has 0 bridgehead atoms. The number of nitrogens with zero attached hydrogens (tertiary/aromatic N) is 2. The van der Waals surface area contributed by atoms with Gasteiger partial charge in [-0.05, 0) is 33.2 Å². The third kappa shape index (κ3) is 9.79. The van der Waals surface area contributed by atoms with E-state index in [1.54, 1.807) is 0 Å². The van der Waals surface area contributed by atoms with E-state index >= 15 is 0 Å². The summed E-state index contributed by atoms with van der Waals surface area (Å²) in [5.74, 6) is 0.212. The van der Waals surface area contributed by atoms with Gasteiger partial charge < -0.3 is 20.4 Å². The molecule has 6 nitrogen and oxygen atoms in total. The lowest BCUT2D eigenvalue weighted by atomic mass is 10.2. The molecule has 1 aliphatic heterocycles. The van der Waals surface area contributed by atoms with Gasteiger partial charge in [0.05, 0.1) is 0 Å². The van der Waals surface area contributed by atoms with Crippen LogP contribution in [0.2, 0.25) is 0 Å². The van der Waals surface area contributed by atoms with E-state index < -0.39 is 0 Å². The predicted molar refractivity (Wildman–Crippen MR) is 96.0 cm³/mol. The van der Waals surface area contributed by atoms with E-state index in [1.165, 1.54) is 0 Å². The maximum absolute atomic E-state index is 11.8. The van der Waals surface area contributed by atoms with E-state index in [-0.39, 0.29) is 24.2 Å². The predicted octanol–water partition coefficient (Wildman–Crippen LogP) is 0.858. The molecule has 1 rings (SSSR count). The molecule has 136 valence electrons. The highest BCUT2D eigenvalue weighted by Crippen LogP contribution is 2.01. The lowest BCUT2D eigenvalue weighted by Gasteiger charge is -2.27. The van der Waals surface area contributed by atoms with Crippen LogP contribution in [0.15, 0.2) is 0 Å². The minimum atomic E-state index is 0. The zero-order valence-corrected chi connectivity index (χ0v) is 15.4. The van der Waals surface area contributed by atoms with Crippen LogP contribution < -0.4 is 10.6 Å². The fraction of sp³-hybridized carbons (Fsp3) is 0.875.